The van der Waals surface area contributed by atoms with E-state index < -0.39 is 12.0 Å². The number of benzene rings is 2. The van der Waals surface area contributed by atoms with Crippen LogP contribution < -0.4 is 14.8 Å². The van der Waals surface area contributed by atoms with Crippen LogP contribution in [0, 0.1) is 5.92 Å². The summed E-state index contributed by atoms with van der Waals surface area (Å²) in [5.41, 5.74) is 1.13. The van der Waals surface area contributed by atoms with Crippen LogP contribution in [-0.2, 0) is 16.1 Å². The maximum absolute atomic E-state index is 12.7. The number of nitrogens with one attached hydrogen (secondary N) is 1. The van der Waals surface area contributed by atoms with Crippen molar-refractivity contribution in [2.75, 3.05) is 13.7 Å². The highest BCUT2D eigenvalue weighted by Crippen LogP contribution is 2.21. The van der Waals surface area contributed by atoms with Gasteiger partial charge >= 0.3 is 5.97 Å². The Bertz CT molecular complexity index is 1060. The Labute approximate surface area is 192 Å². The third-order valence-electron chi connectivity index (χ3n) is 4.78. The average Bonchev–Trinajstić information content (AvgIpc) is 3.30. The number of methoxy groups -OCH3 is 1. The van der Waals surface area contributed by atoms with Gasteiger partial charge in [0, 0.05) is 11.1 Å². The summed E-state index contributed by atoms with van der Waals surface area (Å²) in [5.74, 6) is 0.740. The van der Waals surface area contributed by atoms with Gasteiger partial charge in [-0.25, -0.2) is 4.79 Å². The van der Waals surface area contributed by atoms with Crippen LogP contribution in [0.2, 0.25) is 0 Å². The van der Waals surface area contributed by atoms with E-state index in [0.717, 1.165) is 0 Å². The molecule has 0 saturated heterocycles. The monoisotopic (exact) mass is 453 g/mol. The molecule has 0 aliphatic carbocycles. The second kappa shape index (κ2) is 11.1. The van der Waals surface area contributed by atoms with Crippen LogP contribution in [-0.4, -0.2) is 41.8 Å². The summed E-state index contributed by atoms with van der Waals surface area (Å²) in [6.07, 6.45) is 0. The van der Waals surface area contributed by atoms with Gasteiger partial charge in [-0.05, 0) is 61.4 Å². The summed E-state index contributed by atoms with van der Waals surface area (Å²) in [5, 5.41) is 6.58. The van der Waals surface area contributed by atoms with E-state index in [4.69, 9.17) is 18.7 Å². The first-order chi connectivity index (χ1) is 15.9. The van der Waals surface area contributed by atoms with Gasteiger partial charge < -0.3 is 24.1 Å². The largest absolute Gasteiger partial charge is 0.497 e. The Balaban J connectivity index is 1.59. The van der Waals surface area contributed by atoms with Crippen molar-refractivity contribution in [1.82, 2.24) is 15.5 Å². The number of carbonyl (C=O) groups excluding carboxylic acids is 2. The Morgan fingerprint density at radius 2 is 1.70 bits per heavy atom. The maximum Gasteiger partial charge on any atom is 0.329 e. The third-order valence-corrected chi connectivity index (χ3v) is 4.78. The van der Waals surface area contributed by atoms with Gasteiger partial charge in [0.05, 0.1) is 13.7 Å². The number of carbonyl (C=O) groups is 2. The molecule has 2 aromatic carbocycles. The highest BCUT2D eigenvalue weighted by Gasteiger charge is 2.27. The predicted molar refractivity (Wildman–Crippen MR) is 120 cm³/mol. The SMILES string of the molecule is CCOc1ccc(C(=O)N[C@H](C(=O)OCc2noc(-c3ccc(OC)cc3)n2)C(C)C)cc1. The average molecular weight is 453 g/mol. The molecule has 1 amide bonds. The molecule has 0 saturated carbocycles. The van der Waals surface area contributed by atoms with Gasteiger partial charge in [-0.2, -0.15) is 4.98 Å². The van der Waals surface area contributed by atoms with Crippen molar-refractivity contribution < 1.29 is 28.3 Å². The number of rotatable bonds is 10. The van der Waals surface area contributed by atoms with E-state index in [0.29, 0.717) is 35.1 Å². The first-order valence-corrected chi connectivity index (χ1v) is 10.6. The molecule has 9 heteroatoms. The third kappa shape index (κ3) is 6.31. The fourth-order valence-corrected chi connectivity index (χ4v) is 2.98. The summed E-state index contributed by atoms with van der Waals surface area (Å²) in [4.78, 5) is 29.5. The molecule has 1 heterocycles. The number of esters is 1. The van der Waals surface area contributed by atoms with E-state index in [-0.39, 0.29) is 24.3 Å². The lowest BCUT2D eigenvalue weighted by atomic mass is 10.0. The van der Waals surface area contributed by atoms with Crippen molar-refractivity contribution >= 4 is 11.9 Å². The molecule has 3 rings (SSSR count). The van der Waals surface area contributed by atoms with Crippen molar-refractivity contribution in [2.24, 2.45) is 5.92 Å². The van der Waals surface area contributed by atoms with Crippen LogP contribution in [0.4, 0.5) is 0 Å². The summed E-state index contributed by atoms with van der Waals surface area (Å²) in [7, 11) is 1.58. The lowest BCUT2D eigenvalue weighted by Crippen LogP contribution is -2.45. The van der Waals surface area contributed by atoms with E-state index >= 15 is 0 Å². The van der Waals surface area contributed by atoms with E-state index in [9.17, 15) is 9.59 Å². The van der Waals surface area contributed by atoms with E-state index in [2.05, 4.69) is 15.5 Å². The van der Waals surface area contributed by atoms with Crippen LogP contribution in [0.3, 0.4) is 0 Å². The van der Waals surface area contributed by atoms with Crippen LogP contribution in [0.15, 0.2) is 53.1 Å². The molecule has 9 nitrogen and oxygen atoms in total. The lowest BCUT2D eigenvalue weighted by molar-refractivity contribution is -0.148. The van der Waals surface area contributed by atoms with Crippen LogP contribution in [0.25, 0.3) is 11.5 Å². The van der Waals surface area contributed by atoms with Gasteiger partial charge in [0.1, 0.15) is 17.5 Å². The van der Waals surface area contributed by atoms with Gasteiger partial charge in [0.15, 0.2) is 6.61 Å². The number of nitrogens with zero attached hydrogens (tertiary/aromatic N) is 2. The Kier molecular flexibility index (Phi) is 8.01. The lowest BCUT2D eigenvalue weighted by Gasteiger charge is -2.20. The van der Waals surface area contributed by atoms with E-state index in [1.54, 1.807) is 55.6 Å². The zero-order valence-corrected chi connectivity index (χ0v) is 19.0. The Morgan fingerprint density at radius 3 is 2.30 bits per heavy atom. The molecule has 33 heavy (non-hydrogen) atoms. The standard InChI is InChI=1S/C24H27N3O6/c1-5-31-19-12-6-16(7-13-19)22(28)26-21(15(2)3)24(29)32-14-20-25-23(33-27-20)17-8-10-18(30-4)11-9-17/h6-13,15,21H,5,14H2,1-4H3,(H,26,28)/t21-/m0/s1. The number of ether oxygens (including phenoxy) is 3. The van der Waals surface area contributed by atoms with E-state index in [1.807, 2.05) is 20.8 Å². The Morgan fingerprint density at radius 1 is 1.03 bits per heavy atom. The first-order valence-electron chi connectivity index (χ1n) is 10.6. The summed E-state index contributed by atoms with van der Waals surface area (Å²) < 4.78 is 21.1. The minimum Gasteiger partial charge on any atom is -0.497 e. The first kappa shape index (κ1) is 23.8. The minimum absolute atomic E-state index is 0.180. The molecule has 0 unspecified atom stereocenters. The van der Waals surface area contributed by atoms with Gasteiger partial charge in [0.2, 0.25) is 5.82 Å². The molecule has 0 spiro atoms. The highest BCUT2D eigenvalue weighted by atomic mass is 16.5. The molecule has 0 fully saturated rings. The molecular weight excluding hydrogens is 426 g/mol. The fourth-order valence-electron chi connectivity index (χ4n) is 2.98. The molecule has 1 aromatic heterocycles. The molecule has 3 aromatic rings. The van der Waals surface area contributed by atoms with Crippen molar-refractivity contribution in [3.63, 3.8) is 0 Å². The van der Waals surface area contributed by atoms with Crippen molar-refractivity contribution in [2.45, 2.75) is 33.4 Å². The quantitative estimate of drug-likeness (QED) is 0.463. The molecule has 0 bridgehead atoms. The van der Waals surface area contributed by atoms with Crippen LogP contribution in [0.1, 0.15) is 37.0 Å². The summed E-state index contributed by atoms with van der Waals surface area (Å²) >= 11 is 0. The molecule has 0 aliphatic heterocycles. The zero-order chi connectivity index (χ0) is 23.8. The van der Waals surface area contributed by atoms with Gasteiger partial charge in [-0.3, -0.25) is 4.79 Å². The van der Waals surface area contributed by atoms with Gasteiger partial charge in [0.25, 0.3) is 11.8 Å². The second-order valence-electron chi connectivity index (χ2n) is 7.50. The van der Waals surface area contributed by atoms with Crippen molar-refractivity contribution in [3.05, 3.63) is 59.9 Å². The fraction of sp³-hybridized carbons (Fsp3) is 0.333. The molecular formula is C24H27N3O6. The normalized spacial score (nSPS) is 11.7. The molecule has 1 N–H and O–H groups in total. The predicted octanol–water partition coefficient (Wildman–Crippen LogP) is 3.64. The number of hydrogen-bond donors (Lipinski definition) is 1. The number of hydrogen-bond acceptors (Lipinski definition) is 8. The zero-order valence-electron chi connectivity index (χ0n) is 19.0. The summed E-state index contributed by atoms with van der Waals surface area (Å²) in [6, 6.07) is 13.0. The molecule has 174 valence electrons. The van der Waals surface area contributed by atoms with Crippen LogP contribution >= 0.6 is 0 Å². The van der Waals surface area contributed by atoms with Gasteiger partial charge in [-0.1, -0.05) is 19.0 Å². The van der Waals surface area contributed by atoms with Crippen molar-refractivity contribution in [1.29, 1.82) is 0 Å². The summed E-state index contributed by atoms with van der Waals surface area (Å²) in [6.45, 7) is 5.88. The topological polar surface area (TPSA) is 113 Å². The minimum atomic E-state index is -0.836. The van der Waals surface area contributed by atoms with Crippen LogP contribution in [0.5, 0.6) is 11.5 Å². The Hall–Kier alpha value is -3.88. The van der Waals surface area contributed by atoms with Gasteiger partial charge in [-0.15, -0.1) is 0 Å². The maximum atomic E-state index is 12.7. The number of aromatic nitrogens is 2. The second-order valence-corrected chi connectivity index (χ2v) is 7.50. The molecule has 0 radical (unpaired) electrons. The van der Waals surface area contributed by atoms with E-state index in [1.165, 1.54) is 0 Å². The van der Waals surface area contributed by atoms with Crippen molar-refractivity contribution in [3.8, 4) is 23.0 Å². The highest BCUT2D eigenvalue weighted by molar-refractivity contribution is 5.96. The number of amides is 1. The molecule has 0 aliphatic rings. The smallest absolute Gasteiger partial charge is 0.329 e. The molecule has 1 atom stereocenters.